The van der Waals surface area contributed by atoms with Crippen molar-refractivity contribution in [2.75, 3.05) is 26.5 Å². The van der Waals surface area contributed by atoms with Crippen molar-refractivity contribution in [2.45, 2.75) is 76.2 Å². The van der Waals surface area contributed by atoms with Crippen LogP contribution in [0.5, 0.6) is 11.5 Å². The smallest absolute Gasteiger partial charge is 0.199 e. The largest absolute Gasteiger partial charge is 0.493 e. The second kappa shape index (κ2) is 10.2. The van der Waals surface area contributed by atoms with Crippen LogP contribution in [0, 0.1) is 23.6 Å². The first-order valence-electron chi connectivity index (χ1n) is 13.1. The Hall–Kier alpha value is -2.48. The number of hydrogen-bond donors (Lipinski definition) is 2. The Morgan fingerprint density at radius 2 is 1.83 bits per heavy atom. The predicted octanol–water partition coefficient (Wildman–Crippen LogP) is 4.77. The summed E-state index contributed by atoms with van der Waals surface area (Å²) in [6.45, 7) is 1.09. The van der Waals surface area contributed by atoms with E-state index >= 15 is 4.39 Å². The summed E-state index contributed by atoms with van der Waals surface area (Å²) in [5.74, 6) is 2.68. The third-order valence-corrected chi connectivity index (χ3v) is 8.65. The maximum Gasteiger partial charge on any atom is 0.199 e. The lowest BCUT2D eigenvalue weighted by Crippen LogP contribution is -2.32. The number of methoxy groups -OCH3 is 2. The number of ketones is 1. The summed E-state index contributed by atoms with van der Waals surface area (Å²) < 4.78 is 25.6. The lowest BCUT2D eigenvalue weighted by atomic mass is 9.81. The summed E-state index contributed by atoms with van der Waals surface area (Å²) >= 11 is 0. The monoisotopic (exact) mass is 484 g/mol. The molecule has 2 aromatic rings. The summed E-state index contributed by atoms with van der Waals surface area (Å²) in [4.78, 5) is 22.3. The van der Waals surface area contributed by atoms with E-state index in [-0.39, 0.29) is 34.7 Å². The van der Waals surface area contributed by atoms with Crippen LogP contribution in [0.25, 0.3) is 10.9 Å². The van der Waals surface area contributed by atoms with Crippen LogP contribution in [-0.4, -0.2) is 42.6 Å². The lowest BCUT2D eigenvalue weighted by molar-refractivity contribution is -0.124. The molecule has 1 aromatic carbocycles. The number of rotatable bonds is 6. The molecule has 1 aromatic heterocycles. The van der Waals surface area contributed by atoms with Crippen molar-refractivity contribution >= 4 is 22.5 Å². The summed E-state index contributed by atoms with van der Waals surface area (Å²) in [5.41, 5.74) is 6.39. The Labute approximate surface area is 206 Å². The molecule has 5 rings (SSSR count). The van der Waals surface area contributed by atoms with Gasteiger partial charge in [0.05, 0.1) is 14.2 Å². The third-order valence-electron chi connectivity index (χ3n) is 8.65. The van der Waals surface area contributed by atoms with Crippen LogP contribution < -0.4 is 20.5 Å². The van der Waals surface area contributed by atoms with Gasteiger partial charge in [-0.3, -0.25) is 4.79 Å². The Morgan fingerprint density at radius 1 is 1.09 bits per heavy atom. The Morgan fingerprint density at radius 3 is 2.54 bits per heavy atom. The number of Topliss-reactive ketones (excluding diaryl/α,β-unsaturated/α-hetero) is 1. The summed E-state index contributed by atoms with van der Waals surface area (Å²) in [6.07, 6.45) is 10.0. The van der Waals surface area contributed by atoms with Gasteiger partial charge in [0.1, 0.15) is 22.9 Å². The maximum atomic E-state index is 15.2. The summed E-state index contributed by atoms with van der Waals surface area (Å²) in [6, 6.07) is 2.00. The number of nitrogens with one attached hydrogen (secondary N) is 1. The molecule has 3 aliphatic rings. The molecule has 3 N–H and O–H groups in total. The highest BCUT2D eigenvalue weighted by Gasteiger charge is 2.40. The fourth-order valence-corrected chi connectivity index (χ4v) is 6.75. The SMILES string of the molecule is COc1cc2c(N)nc(C3CCCC(C(=O)C[C@H]4NCC5CCCC54)CCC3)nc2c(F)c1OC. The second-order valence-electron chi connectivity index (χ2n) is 10.6. The Balaban J connectivity index is 1.26. The van der Waals surface area contributed by atoms with Crippen molar-refractivity contribution in [3.63, 3.8) is 0 Å². The first-order valence-corrected chi connectivity index (χ1v) is 13.1. The van der Waals surface area contributed by atoms with Crippen molar-refractivity contribution in [1.29, 1.82) is 0 Å². The van der Waals surface area contributed by atoms with Crippen molar-refractivity contribution in [1.82, 2.24) is 15.3 Å². The average molecular weight is 485 g/mol. The van der Waals surface area contributed by atoms with Gasteiger partial charge in [0.2, 0.25) is 0 Å². The molecular formula is C27H37FN4O3. The summed E-state index contributed by atoms with van der Waals surface area (Å²) in [5, 5.41) is 4.05. The number of anilines is 1. The van der Waals surface area contributed by atoms with Gasteiger partial charge in [-0.2, -0.15) is 0 Å². The van der Waals surface area contributed by atoms with Gasteiger partial charge in [0, 0.05) is 29.7 Å². The molecule has 3 atom stereocenters. The van der Waals surface area contributed by atoms with Crippen molar-refractivity contribution < 1.29 is 18.7 Å². The van der Waals surface area contributed by atoms with Crippen LogP contribution in [0.3, 0.4) is 0 Å². The van der Waals surface area contributed by atoms with Crippen LogP contribution in [0.15, 0.2) is 6.07 Å². The highest BCUT2D eigenvalue weighted by Crippen LogP contribution is 2.41. The molecule has 190 valence electrons. The Bertz CT molecular complexity index is 1080. The van der Waals surface area contributed by atoms with Gasteiger partial charge in [0.25, 0.3) is 0 Å². The average Bonchev–Trinajstić information content (AvgIpc) is 3.44. The highest BCUT2D eigenvalue weighted by molar-refractivity contribution is 5.91. The number of nitrogens with zero attached hydrogens (tertiary/aromatic N) is 2. The van der Waals surface area contributed by atoms with E-state index < -0.39 is 5.82 Å². The molecule has 0 amide bonds. The van der Waals surface area contributed by atoms with E-state index in [9.17, 15) is 4.79 Å². The molecule has 35 heavy (non-hydrogen) atoms. The van der Waals surface area contributed by atoms with Crippen LogP contribution in [-0.2, 0) is 4.79 Å². The molecule has 8 heteroatoms. The number of ether oxygens (including phenoxy) is 2. The molecule has 2 unspecified atom stereocenters. The molecule has 2 aliphatic carbocycles. The molecule has 0 spiro atoms. The van der Waals surface area contributed by atoms with E-state index in [1.54, 1.807) is 6.07 Å². The van der Waals surface area contributed by atoms with Gasteiger partial charge in [-0.25, -0.2) is 14.4 Å². The number of aromatic nitrogens is 2. The molecule has 7 nitrogen and oxygen atoms in total. The number of halogens is 1. The molecule has 0 radical (unpaired) electrons. The number of hydrogen-bond acceptors (Lipinski definition) is 7. The van der Waals surface area contributed by atoms with Gasteiger partial charge in [0.15, 0.2) is 17.3 Å². The lowest BCUT2D eigenvalue weighted by Gasteiger charge is -2.25. The van der Waals surface area contributed by atoms with Crippen LogP contribution in [0.1, 0.15) is 76.0 Å². The fraction of sp³-hybridized carbons (Fsp3) is 0.667. The van der Waals surface area contributed by atoms with E-state index in [0.717, 1.165) is 51.0 Å². The maximum absolute atomic E-state index is 15.2. The van der Waals surface area contributed by atoms with Gasteiger partial charge < -0.3 is 20.5 Å². The molecule has 1 aliphatic heterocycles. The predicted molar refractivity (Wildman–Crippen MR) is 133 cm³/mol. The minimum atomic E-state index is -0.585. The van der Waals surface area contributed by atoms with Crippen LogP contribution in [0.4, 0.5) is 10.2 Å². The highest BCUT2D eigenvalue weighted by atomic mass is 19.1. The zero-order chi connectivity index (χ0) is 24.5. The minimum absolute atomic E-state index is 0.0174. The number of fused-ring (bicyclic) bond motifs is 2. The quantitative estimate of drug-likeness (QED) is 0.609. The van der Waals surface area contributed by atoms with E-state index in [4.69, 9.17) is 15.2 Å². The van der Waals surface area contributed by atoms with Gasteiger partial charge in [-0.1, -0.05) is 19.3 Å². The normalized spacial score (nSPS) is 28.9. The molecule has 2 heterocycles. The van der Waals surface area contributed by atoms with Gasteiger partial charge >= 0.3 is 0 Å². The van der Waals surface area contributed by atoms with E-state index in [1.807, 2.05) is 0 Å². The molecule has 1 saturated heterocycles. The van der Waals surface area contributed by atoms with Crippen LogP contribution >= 0.6 is 0 Å². The van der Waals surface area contributed by atoms with Crippen molar-refractivity contribution in [2.24, 2.45) is 17.8 Å². The van der Waals surface area contributed by atoms with E-state index in [0.29, 0.717) is 35.4 Å². The van der Waals surface area contributed by atoms with E-state index in [1.165, 1.54) is 33.5 Å². The van der Waals surface area contributed by atoms with Crippen LogP contribution in [0.2, 0.25) is 0 Å². The molecule has 2 saturated carbocycles. The fourth-order valence-electron chi connectivity index (χ4n) is 6.75. The minimum Gasteiger partial charge on any atom is -0.493 e. The zero-order valence-electron chi connectivity index (χ0n) is 20.8. The number of nitrogens with two attached hydrogens (primary N) is 1. The Kier molecular flexibility index (Phi) is 7.09. The van der Waals surface area contributed by atoms with Crippen molar-refractivity contribution in [3.05, 3.63) is 17.7 Å². The standard InChI is InChI=1S/C27H37FN4O3/c1-34-22-12-19-24(23(28)25(22)35-2)31-27(32-26(19)29)16-8-3-6-15(7-4-9-16)21(33)13-20-18-11-5-10-17(18)14-30-20/h12,15-18,20,30H,3-11,13-14H2,1-2H3,(H2,29,31,32)/t15?,16?,17?,18?,20-/m1/s1. The van der Waals surface area contributed by atoms with Gasteiger partial charge in [-0.15, -0.1) is 0 Å². The molecule has 0 bridgehead atoms. The topological polar surface area (TPSA) is 99.4 Å². The van der Waals surface area contributed by atoms with Crippen molar-refractivity contribution in [3.8, 4) is 11.5 Å². The molecule has 3 fully saturated rings. The number of carbonyl (C=O) groups excluding carboxylic acids is 1. The first kappa shape index (κ1) is 24.2. The first-order chi connectivity index (χ1) is 17.0. The van der Waals surface area contributed by atoms with E-state index in [2.05, 4.69) is 15.3 Å². The number of nitrogen functional groups attached to an aromatic ring is 1. The molecular weight excluding hydrogens is 447 g/mol. The third kappa shape index (κ3) is 4.69. The zero-order valence-corrected chi connectivity index (χ0v) is 20.8. The number of carbonyl (C=O) groups is 1. The number of benzene rings is 1. The second-order valence-corrected chi connectivity index (χ2v) is 10.6. The summed E-state index contributed by atoms with van der Waals surface area (Å²) in [7, 11) is 2.86. The van der Waals surface area contributed by atoms with Gasteiger partial charge in [-0.05, 0) is 63.0 Å².